The molecule has 0 heterocycles. The monoisotopic (exact) mass is 184 g/mol. The van der Waals surface area contributed by atoms with Crippen LogP contribution in [-0.4, -0.2) is 18.4 Å². The van der Waals surface area contributed by atoms with Crippen LogP contribution in [-0.2, 0) is 14.3 Å². The standard InChI is InChI=1S/C10H16O3/c1-5-7-10(4,8(3)11)9(12)13-6-2/h5H,1,6-7H2,2-4H3. The highest BCUT2D eigenvalue weighted by Crippen LogP contribution is 2.24. The van der Waals surface area contributed by atoms with Gasteiger partial charge in [0.25, 0.3) is 0 Å². The van der Waals surface area contributed by atoms with E-state index in [-0.39, 0.29) is 5.78 Å². The van der Waals surface area contributed by atoms with Gasteiger partial charge in [0.15, 0.2) is 0 Å². The third-order valence-electron chi connectivity index (χ3n) is 2.06. The van der Waals surface area contributed by atoms with Crippen LogP contribution in [0.25, 0.3) is 0 Å². The number of ether oxygens (including phenoxy) is 1. The lowest BCUT2D eigenvalue weighted by Crippen LogP contribution is -2.36. The van der Waals surface area contributed by atoms with Gasteiger partial charge in [-0.2, -0.15) is 0 Å². The van der Waals surface area contributed by atoms with Crippen LogP contribution < -0.4 is 0 Å². The summed E-state index contributed by atoms with van der Waals surface area (Å²) in [6, 6.07) is 0. The fraction of sp³-hybridized carbons (Fsp3) is 0.600. The fourth-order valence-corrected chi connectivity index (χ4v) is 0.950. The lowest BCUT2D eigenvalue weighted by Gasteiger charge is -2.22. The minimum Gasteiger partial charge on any atom is -0.465 e. The van der Waals surface area contributed by atoms with E-state index in [1.165, 1.54) is 6.92 Å². The third-order valence-corrected chi connectivity index (χ3v) is 2.06. The number of carbonyl (C=O) groups excluding carboxylic acids is 2. The number of allylic oxidation sites excluding steroid dienone is 1. The second-order valence-corrected chi connectivity index (χ2v) is 3.10. The van der Waals surface area contributed by atoms with Crippen molar-refractivity contribution in [2.24, 2.45) is 5.41 Å². The van der Waals surface area contributed by atoms with Crippen molar-refractivity contribution in [3.05, 3.63) is 12.7 Å². The Morgan fingerprint density at radius 2 is 2.08 bits per heavy atom. The molecule has 0 aliphatic heterocycles. The number of carbonyl (C=O) groups is 2. The molecule has 0 aromatic heterocycles. The Balaban J connectivity index is 4.67. The fourth-order valence-electron chi connectivity index (χ4n) is 0.950. The van der Waals surface area contributed by atoms with Gasteiger partial charge in [-0.25, -0.2) is 0 Å². The van der Waals surface area contributed by atoms with Crippen molar-refractivity contribution in [1.82, 2.24) is 0 Å². The molecule has 0 aromatic carbocycles. The smallest absolute Gasteiger partial charge is 0.319 e. The summed E-state index contributed by atoms with van der Waals surface area (Å²) in [6.07, 6.45) is 1.87. The molecule has 74 valence electrons. The lowest BCUT2D eigenvalue weighted by atomic mass is 9.83. The molecule has 0 rings (SSSR count). The summed E-state index contributed by atoms with van der Waals surface area (Å²) in [4.78, 5) is 22.6. The summed E-state index contributed by atoms with van der Waals surface area (Å²) in [7, 11) is 0. The number of Topliss-reactive ketones (excluding diaryl/α,β-unsaturated/α-hetero) is 1. The molecule has 0 aliphatic carbocycles. The van der Waals surface area contributed by atoms with Crippen LogP contribution in [0.4, 0.5) is 0 Å². The molecular weight excluding hydrogens is 168 g/mol. The van der Waals surface area contributed by atoms with Gasteiger partial charge in [0.2, 0.25) is 0 Å². The molecule has 0 amide bonds. The first kappa shape index (κ1) is 11.9. The van der Waals surface area contributed by atoms with Gasteiger partial charge < -0.3 is 4.74 Å². The third kappa shape index (κ3) is 2.68. The highest BCUT2D eigenvalue weighted by atomic mass is 16.5. The number of rotatable bonds is 5. The molecule has 0 saturated carbocycles. The van der Waals surface area contributed by atoms with Gasteiger partial charge in [-0.15, -0.1) is 6.58 Å². The van der Waals surface area contributed by atoms with Crippen molar-refractivity contribution in [1.29, 1.82) is 0 Å². The molecule has 13 heavy (non-hydrogen) atoms. The topological polar surface area (TPSA) is 43.4 Å². The van der Waals surface area contributed by atoms with Gasteiger partial charge in [-0.05, 0) is 27.2 Å². The van der Waals surface area contributed by atoms with Gasteiger partial charge in [0.1, 0.15) is 11.2 Å². The van der Waals surface area contributed by atoms with Gasteiger partial charge in [-0.1, -0.05) is 6.08 Å². The first-order valence-corrected chi connectivity index (χ1v) is 4.28. The van der Waals surface area contributed by atoms with Crippen LogP contribution in [0.5, 0.6) is 0 Å². The molecule has 0 saturated heterocycles. The van der Waals surface area contributed by atoms with E-state index in [1.807, 2.05) is 0 Å². The van der Waals surface area contributed by atoms with E-state index in [9.17, 15) is 9.59 Å². The second-order valence-electron chi connectivity index (χ2n) is 3.10. The molecule has 0 N–H and O–H groups in total. The molecule has 3 heteroatoms. The molecule has 0 spiro atoms. The molecule has 0 bridgehead atoms. The highest BCUT2D eigenvalue weighted by molar-refractivity contribution is 6.02. The zero-order valence-corrected chi connectivity index (χ0v) is 8.42. The average Bonchev–Trinajstić information content (AvgIpc) is 2.04. The number of hydrogen-bond donors (Lipinski definition) is 0. The summed E-state index contributed by atoms with van der Waals surface area (Å²) >= 11 is 0. The van der Waals surface area contributed by atoms with Crippen molar-refractivity contribution < 1.29 is 14.3 Å². The Morgan fingerprint density at radius 1 is 1.54 bits per heavy atom. The van der Waals surface area contributed by atoms with E-state index in [0.29, 0.717) is 13.0 Å². The molecule has 0 aliphatic rings. The zero-order valence-electron chi connectivity index (χ0n) is 8.42. The maximum Gasteiger partial charge on any atom is 0.319 e. The summed E-state index contributed by atoms with van der Waals surface area (Å²) in [5, 5.41) is 0. The van der Waals surface area contributed by atoms with E-state index in [0.717, 1.165) is 0 Å². The summed E-state index contributed by atoms with van der Waals surface area (Å²) in [6.45, 7) is 8.48. The van der Waals surface area contributed by atoms with Gasteiger partial charge >= 0.3 is 5.97 Å². The number of esters is 1. The average molecular weight is 184 g/mol. The quantitative estimate of drug-likeness (QED) is 0.371. The summed E-state index contributed by atoms with van der Waals surface area (Å²) in [5.41, 5.74) is -1.06. The minimum atomic E-state index is -1.06. The van der Waals surface area contributed by atoms with Crippen LogP contribution in [0.3, 0.4) is 0 Å². The Morgan fingerprint density at radius 3 is 2.38 bits per heavy atom. The van der Waals surface area contributed by atoms with Crippen molar-refractivity contribution in [3.8, 4) is 0 Å². The molecule has 1 atom stereocenters. The number of ketones is 1. The Hall–Kier alpha value is -1.12. The SMILES string of the molecule is C=CCC(C)(C(C)=O)C(=O)OCC. The van der Waals surface area contributed by atoms with Crippen molar-refractivity contribution in [2.45, 2.75) is 27.2 Å². The normalized spacial score (nSPS) is 14.4. The molecule has 3 nitrogen and oxygen atoms in total. The second kappa shape index (κ2) is 4.80. The van der Waals surface area contributed by atoms with E-state index in [2.05, 4.69) is 6.58 Å². The van der Waals surface area contributed by atoms with E-state index < -0.39 is 11.4 Å². The van der Waals surface area contributed by atoms with E-state index in [1.54, 1.807) is 19.9 Å². The van der Waals surface area contributed by atoms with E-state index in [4.69, 9.17) is 4.74 Å². The lowest BCUT2D eigenvalue weighted by molar-refractivity contribution is -0.158. The maximum atomic E-state index is 11.4. The van der Waals surface area contributed by atoms with Crippen molar-refractivity contribution in [2.75, 3.05) is 6.61 Å². The Bertz CT molecular complexity index is 220. The Kier molecular flexibility index (Phi) is 4.38. The van der Waals surface area contributed by atoms with Crippen molar-refractivity contribution in [3.63, 3.8) is 0 Å². The van der Waals surface area contributed by atoms with Gasteiger partial charge in [-0.3, -0.25) is 9.59 Å². The Labute approximate surface area is 78.8 Å². The molecule has 1 unspecified atom stereocenters. The predicted molar refractivity (Wildman–Crippen MR) is 50.2 cm³/mol. The van der Waals surface area contributed by atoms with E-state index >= 15 is 0 Å². The largest absolute Gasteiger partial charge is 0.465 e. The minimum absolute atomic E-state index is 0.189. The van der Waals surface area contributed by atoms with Gasteiger partial charge in [0.05, 0.1) is 6.61 Å². The van der Waals surface area contributed by atoms with Crippen LogP contribution >= 0.6 is 0 Å². The van der Waals surface area contributed by atoms with Gasteiger partial charge in [0, 0.05) is 0 Å². The van der Waals surface area contributed by atoms with Crippen LogP contribution in [0.2, 0.25) is 0 Å². The maximum absolute atomic E-state index is 11.4. The molecule has 0 aromatic rings. The predicted octanol–water partition coefficient (Wildman–Crippen LogP) is 1.72. The number of hydrogen-bond acceptors (Lipinski definition) is 3. The summed E-state index contributed by atoms with van der Waals surface area (Å²) in [5.74, 6) is -0.659. The molecular formula is C10H16O3. The zero-order chi connectivity index (χ0) is 10.5. The van der Waals surface area contributed by atoms with Crippen LogP contribution in [0.1, 0.15) is 27.2 Å². The highest BCUT2D eigenvalue weighted by Gasteiger charge is 2.38. The first-order valence-electron chi connectivity index (χ1n) is 4.28. The molecule has 0 radical (unpaired) electrons. The summed E-state index contributed by atoms with van der Waals surface area (Å²) < 4.78 is 4.81. The van der Waals surface area contributed by atoms with Crippen LogP contribution in [0, 0.1) is 5.41 Å². The van der Waals surface area contributed by atoms with Crippen molar-refractivity contribution >= 4 is 11.8 Å². The van der Waals surface area contributed by atoms with Crippen LogP contribution in [0.15, 0.2) is 12.7 Å². The first-order chi connectivity index (χ1) is 5.99. The molecule has 0 fully saturated rings.